The second-order valence-electron chi connectivity index (χ2n) is 7.25. The van der Waals surface area contributed by atoms with E-state index in [9.17, 15) is 40.3 Å². The van der Waals surface area contributed by atoms with E-state index in [4.69, 9.17) is 10.5 Å². The predicted octanol–water partition coefficient (Wildman–Crippen LogP) is -3.29. The summed E-state index contributed by atoms with van der Waals surface area (Å²) < 4.78 is 5.04. The number of carboxylic acids is 1. The number of phenols is 1. The number of fused-ring (bicyclic) bond motifs is 2. The van der Waals surface area contributed by atoms with Crippen LogP contribution in [0.15, 0.2) is 24.3 Å². The molecule has 2 bridgehead atoms. The minimum atomic E-state index is -2.21. The van der Waals surface area contributed by atoms with Crippen molar-refractivity contribution in [1.29, 1.82) is 0 Å². The molecule has 29 heavy (non-hydrogen) atoms. The van der Waals surface area contributed by atoms with Crippen molar-refractivity contribution in [2.24, 2.45) is 5.73 Å². The Morgan fingerprint density at radius 3 is 2.48 bits per heavy atom. The Hall–Kier alpha value is -2.32. The number of hydroxylamine groups is 2. The lowest BCUT2D eigenvalue weighted by atomic mass is 9.81. The average molecular weight is 413 g/mol. The molecule has 1 aromatic rings. The van der Waals surface area contributed by atoms with Crippen LogP contribution < -0.4 is 11.1 Å². The van der Waals surface area contributed by atoms with Crippen LogP contribution in [-0.2, 0) is 20.7 Å². The summed E-state index contributed by atoms with van der Waals surface area (Å²) in [5.74, 6) is -2.45. The summed E-state index contributed by atoms with van der Waals surface area (Å²) in [5.41, 5.74) is 4.24. The first-order valence-electron chi connectivity index (χ1n) is 8.80. The van der Waals surface area contributed by atoms with E-state index in [1.165, 1.54) is 12.1 Å². The molecule has 2 fully saturated rings. The second kappa shape index (κ2) is 7.84. The predicted molar refractivity (Wildman–Crippen MR) is 93.5 cm³/mol. The van der Waals surface area contributed by atoms with Crippen molar-refractivity contribution >= 4 is 11.9 Å². The highest BCUT2D eigenvalue weighted by Gasteiger charge is 2.65. The van der Waals surface area contributed by atoms with Crippen LogP contribution in [0, 0.1) is 0 Å². The van der Waals surface area contributed by atoms with E-state index in [1.807, 2.05) is 0 Å². The lowest BCUT2D eigenvalue weighted by molar-refractivity contribution is -0.298. The van der Waals surface area contributed by atoms with Gasteiger partial charge in [0.15, 0.2) is 6.23 Å². The number of phenolic OH excluding ortho intramolecular Hbond substituents is 1. The zero-order chi connectivity index (χ0) is 21.5. The Labute approximate surface area is 164 Å². The first kappa shape index (κ1) is 21.4. The molecule has 12 nitrogen and oxygen atoms in total. The molecule has 2 aliphatic rings. The summed E-state index contributed by atoms with van der Waals surface area (Å²) in [5, 5.41) is 62.4. The molecule has 3 rings (SSSR count). The summed E-state index contributed by atoms with van der Waals surface area (Å²) in [7, 11) is 0. The number of ether oxygens (including phenoxy) is 1. The molecular formula is C17H23N3O9. The van der Waals surface area contributed by atoms with Gasteiger partial charge in [-0.05, 0) is 24.1 Å². The number of aliphatic carboxylic acids is 1. The quantitative estimate of drug-likeness (QED) is 0.232. The number of rotatable bonds is 6. The van der Waals surface area contributed by atoms with Crippen LogP contribution in [0.1, 0.15) is 5.56 Å². The van der Waals surface area contributed by atoms with Crippen molar-refractivity contribution in [1.82, 2.24) is 10.4 Å². The molecular weight excluding hydrogens is 390 g/mol. The van der Waals surface area contributed by atoms with E-state index in [-0.39, 0.29) is 17.2 Å². The van der Waals surface area contributed by atoms with Crippen LogP contribution in [0.4, 0.5) is 0 Å². The van der Waals surface area contributed by atoms with Crippen LogP contribution in [0.3, 0.4) is 0 Å². The summed E-state index contributed by atoms with van der Waals surface area (Å²) >= 11 is 0. The van der Waals surface area contributed by atoms with Gasteiger partial charge in [-0.1, -0.05) is 12.1 Å². The number of nitrogens with two attached hydrogens (primary N) is 1. The molecule has 1 amide bonds. The van der Waals surface area contributed by atoms with Gasteiger partial charge >= 0.3 is 5.97 Å². The zero-order valence-corrected chi connectivity index (χ0v) is 15.1. The summed E-state index contributed by atoms with van der Waals surface area (Å²) in [6.45, 7) is -0.534. The first-order valence-corrected chi connectivity index (χ1v) is 8.80. The minimum absolute atomic E-state index is 0.0307. The Kier molecular flexibility index (Phi) is 5.78. The molecule has 0 unspecified atom stereocenters. The minimum Gasteiger partial charge on any atom is -0.508 e. The summed E-state index contributed by atoms with van der Waals surface area (Å²) in [6, 6.07) is 1.16. The van der Waals surface area contributed by atoms with E-state index in [0.29, 0.717) is 5.56 Å². The molecule has 1 aromatic carbocycles. The fourth-order valence-electron chi connectivity index (χ4n) is 3.60. The van der Waals surface area contributed by atoms with Gasteiger partial charge in [0, 0.05) is 0 Å². The molecule has 0 aromatic heterocycles. The summed E-state index contributed by atoms with van der Waals surface area (Å²) in [4.78, 5) is 24.2. The number of carbonyl (C=O) groups excluding carboxylic acids is 1. The van der Waals surface area contributed by atoms with Gasteiger partial charge in [0.25, 0.3) is 0 Å². The molecule has 2 aliphatic heterocycles. The van der Waals surface area contributed by atoms with Gasteiger partial charge < -0.3 is 46.5 Å². The standard InChI is InChI=1S/C17H23N3O9/c18-9(5-7-1-3-8(21)4-2-7)14(24)19-10(16(25)26)11-12(22)17(27)6-29-15(13(17)23)20(11)28/h1-4,9-13,15,21-23,27-28H,5-6,18H2,(H,19,24)(H,25,26)/t9-,10+,11-,12-,13+,15-,17+/m0/s1. The highest BCUT2D eigenvalue weighted by molar-refractivity contribution is 5.87. The highest BCUT2D eigenvalue weighted by Crippen LogP contribution is 2.38. The Morgan fingerprint density at radius 1 is 1.28 bits per heavy atom. The number of carboxylic acid groups (broad SMARTS) is 1. The Bertz CT molecular complexity index is 776. The highest BCUT2D eigenvalue weighted by atomic mass is 16.6. The monoisotopic (exact) mass is 413 g/mol. The lowest BCUT2D eigenvalue weighted by Crippen LogP contribution is -2.74. The second-order valence-corrected chi connectivity index (χ2v) is 7.25. The number of amides is 1. The third-order valence-corrected chi connectivity index (χ3v) is 5.30. The fraction of sp³-hybridized carbons (Fsp3) is 0.529. The van der Waals surface area contributed by atoms with E-state index in [0.717, 1.165) is 0 Å². The molecule has 0 saturated carbocycles. The molecule has 160 valence electrons. The third kappa shape index (κ3) is 3.79. The molecule has 0 radical (unpaired) electrons. The number of carbonyl (C=O) groups is 2. The molecule has 7 atom stereocenters. The maximum absolute atomic E-state index is 12.4. The van der Waals surface area contributed by atoms with Gasteiger partial charge in [0.05, 0.1) is 18.7 Å². The van der Waals surface area contributed by atoms with Crippen LogP contribution in [0.5, 0.6) is 5.75 Å². The van der Waals surface area contributed by atoms with E-state index < -0.39 is 60.6 Å². The number of nitrogens with zero attached hydrogens (tertiary/aromatic N) is 1. The Morgan fingerprint density at radius 2 is 1.90 bits per heavy atom. The lowest BCUT2D eigenvalue weighted by Gasteiger charge is -2.46. The van der Waals surface area contributed by atoms with Crippen LogP contribution >= 0.6 is 0 Å². The van der Waals surface area contributed by atoms with Crippen molar-refractivity contribution in [2.75, 3.05) is 6.61 Å². The van der Waals surface area contributed by atoms with Crippen molar-refractivity contribution in [2.45, 2.75) is 48.6 Å². The van der Waals surface area contributed by atoms with E-state index >= 15 is 0 Å². The fourth-order valence-corrected chi connectivity index (χ4v) is 3.60. The van der Waals surface area contributed by atoms with Crippen molar-refractivity contribution < 1.29 is 45.1 Å². The number of aliphatic hydroxyl groups excluding tert-OH is 2. The van der Waals surface area contributed by atoms with Gasteiger partial charge in [0.1, 0.15) is 29.6 Å². The number of hydrogen-bond donors (Lipinski definition) is 8. The maximum atomic E-state index is 12.4. The normalized spacial score (nSPS) is 33.8. The third-order valence-electron chi connectivity index (χ3n) is 5.30. The smallest absolute Gasteiger partial charge is 0.328 e. The molecule has 2 saturated heterocycles. The van der Waals surface area contributed by atoms with Crippen LogP contribution in [0.2, 0.25) is 0 Å². The number of aromatic hydroxyl groups is 1. The number of nitrogens with one attached hydrogen (secondary N) is 1. The molecule has 0 spiro atoms. The van der Waals surface area contributed by atoms with Crippen molar-refractivity contribution in [3.05, 3.63) is 29.8 Å². The topological polar surface area (TPSA) is 206 Å². The van der Waals surface area contributed by atoms with Crippen LogP contribution in [-0.4, -0.2) is 96.4 Å². The van der Waals surface area contributed by atoms with Gasteiger partial charge in [-0.25, -0.2) is 4.79 Å². The average Bonchev–Trinajstić information content (AvgIpc) is 2.93. The molecule has 0 aliphatic carbocycles. The number of piperidine rings is 1. The van der Waals surface area contributed by atoms with Gasteiger partial charge in [-0.3, -0.25) is 4.79 Å². The zero-order valence-electron chi connectivity index (χ0n) is 15.1. The number of aliphatic hydroxyl groups is 3. The van der Waals surface area contributed by atoms with Gasteiger partial charge in [0.2, 0.25) is 5.91 Å². The van der Waals surface area contributed by atoms with E-state index in [2.05, 4.69) is 5.32 Å². The number of benzene rings is 1. The summed E-state index contributed by atoms with van der Waals surface area (Å²) in [6.07, 6.45) is -5.07. The Balaban J connectivity index is 1.75. The van der Waals surface area contributed by atoms with Crippen LogP contribution in [0.25, 0.3) is 0 Å². The van der Waals surface area contributed by atoms with Gasteiger partial charge in [-0.15, -0.1) is 0 Å². The van der Waals surface area contributed by atoms with E-state index in [1.54, 1.807) is 12.1 Å². The molecule has 2 heterocycles. The van der Waals surface area contributed by atoms with Crippen molar-refractivity contribution in [3.63, 3.8) is 0 Å². The number of hydrogen-bond acceptors (Lipinski definition) is 10. The molecule has 9 N–H and O–H groups in total. The SMILES string of the molecule is N[C@@H](Cc1ccc(O)cc1)C(=O)N[C@@H](C(=O)O)[C@H]1[C@H](O)[C@]2(O)CO[C@@H]([C@H]2O)N1O. The largest absolute Gasteiger partial charge is 0.508 e. The van der Waals surface area contributed by atoms with Crippen molar-refractivity contribution in [3.8, 4) is 5.75 Å². The maximum Gasteiger partial charge on any atom is 0.328 e. The first-order chi connectivity index (χ1) is 13.6. The van der Waals surface area contributed by atoms with Gasteiger partial charge in [-0.2, -0.15) is 5.06 Å². The molecule has 12 heteroatoms.